The molecule has 0 aromatic heterocycles. The van der Waals surface area contributed by atoms with Crippen LogP contribution in [-0.4, -0.2) is 14.8 Å². The van der Waals surface area contributed by atoms with E-state index in [-0.39, 0.29) is 0 Å². The second-order valence-corrected chi connectivity index (χ2v) is 2.67. The van der Waals surface area contributed by atoms with Gasteiger partial charge in [0.2, 0.25) is 0 Å². The number of hydrogen-bond acceptors (Lipinski definition) is 7. The van der Waals surface area contributed by atoms with Gasteiger partial charge in [0.1, 0.15) is 11.8 Å². The molecule has 0 atom stereocenters. The van der Waals surface area contributed by atoms with Crippen LogP contribution in [0.5, 0.6) is 0 Å². The second kappa shape index (κ2) is 3.76. The van der Waals surface area contributed by atoms with Crippen molar-refractivity contribution in [2.24, 2.45) is 0 Å². The molecule has 2 N–H and O–H groups in total. The molecular weight excluding hydrogens is 224 g/mol. The zero-order chi connectivity index (χ0) is 12.5. The van der Waals surface area contributed by atoms with Crippen molar-refractivity contribution < 1.29 is 14.8 Å². The summed E-state index contributed by atoms with van der Waals surface area (Å²) in [5, 5.41) is 31.3. The zero-order valence-corrected chi connectivity index (χ0v) is 7.52. The smallest absolute Gasteiger partial charge is 0.369 e. The molecule has 0 aliphatic heterocycles. The molecule has 0 saturated heterocycles. The molecule has 0 fully saturated rings. The molecule has 84 valence electrons. The van der Waals surface area contributed by atoms with E-state index >= 15 is 0 Å². The Kier molecular flexibility index (Phi) is 2.66. The average molecular weight is 228 g/mol. The maximum absolute atomic E-state index is 10.5. The lowest BCUT2D eigenvalue weighted by atomic mass is 10.2. The quantitative estimate of drug-likeness (QED) is 0.459. The van der Waals surface area contributed by atoms with E-state index in [0.29, 0.717) is 12.1 Å². The molecule has 0 aliphatic rings. The summed E-state index contributed by atoms with van der Waals surface area (Å²) in [4.78, 5) is 28.2. The topological polar surface area (TPSA) is 155 Å². The fourth-order valence-corrected chi connectivity index (χ4v) is 1.07. The van der Waals surface area contributed by atoms with Gasteiger partial charge in [-0.1, -0.05) is 0 Å². The van der Waals surface area contributed by atoms with Crippen LogP contribution in [0.1, 0.15) is 0 Å². The van der Waals surface area contributed by atoms with E-state index in [0.717, 1.165) is 0 Å². The number of nitro benzene ring substituents is 3. The summed E-state index contributed by atoms with van der Waals surface area (Å²) in [6.07, 6.45) is 0. The number of hydrogen-bond donors (Lipinski definition) is 1. The summed E-state index contributed by atoms with van der Waals surface area (Å²) >= 11 is 0. The molecule has 0 bridgehead atoms. The average Bonchev–Trinajstić information content (AvgIpc) is 2.15. The fourth-order valence-electron chi connectivity index (χ4n) is 1.07. The Morgan fingerprint density at radius 2 is 1.50 bits per heavy atom. The first-order valence-corrected chi connectivity index (χ1v) is 3.71. The molecule has 1 rings (SSSR count). The lowest BCUT2D eigenvalue weighted by Crippen LogP contribution is -2.02. The van der Waals surface area contributed by atoms with Crippen LogP contribution in [-0.2, 0) is 0 Å². The second-order valence-electron chi connectivity index (χ2n) is 2.67. The van der Waals surface area contributed by atoms with Crippen LogP contribution in [0.25, 0.3) is 0 Å². The molecule has 10 heteroatoms. The van der Waals surface area contributed by atoms with Gasteiger partial charge in [0, 0.05) is 6.07 Å². The van der Waals surface area contributed by atoms with Gasteiger partial charge in [0.25, 0.3) is 5.69 Å². The Labute approximate surface area is 86.7 Å². The van der Waals surface area contributed by atoms with Crippen molar-refractivity contribution in [1.82, 2.24) is 0 Å². The van der Waals surface area contributed by atoms with Gasteiger partial charge in [-0.25, -0.2) is 0 Å². The molecule has 16 heavy (non-hydrogen) atoms. The number of benzene rings is 1. The van der Waals surface area contributed by atoms with E-state index in [1.807, 2.05) is 0 Å². The summed E-state index contributed by atoms with van der Waals surface area (Å²) in [7, 11) is 0. The van der Waals surface area contributed by atoms with Crippen molar-refractivity contribution in [3.8, 4) is 0 Å². The van der Waals surface area contributed by atoms with E-state index in [1.54, 1.807) is 0 Å². The number of anilines is 1. The number of rotatable bonds is 3. The van der Waals surface area contributed by atoms with E-state index in [9.17, 15) is 30.3 Å². The molecule has 0 unspecified atom stereocenters. The van der Waals surface area contributed by atoms with Crippen LogP contribution in [0.2, 0.25) is 0 Å². The monoisotopic (exact) mass is 228 g/mol. The maximum Gasteiger partial charge on any atom is 0.369 e. The van der Waals surface area contributed by atoms with E-state index in [1.165, 1.54) is 0 Å². The molecule has 0 radical (unpaired) electrons. The third kappa shape index (κ3) is 1.84. The molecule has 0 heterocycles. The summed E-state index contributed by atoms with van der Waals surface area (Å²) in [6, 6.07) is 1.19. The van der Waals surface area contributed by atoms with E-state index in [4.69, 9.17) is 5.73 Å². The Balaban J connectivity index is 3.58. The van der Waals surface area contributed by atoms with Crippen molar-refractivity contribution in [2.45, 2.75) is 0 Å². The minimum absolute atomic E-state index is 0.495. The first kappa shape index (κ1) is 11.3. The van der Waals surface area contributed by atoms with E-state index in [2.05, 4.69) is 0 Å². The summed E-state index contributed by atoms with van der Waals surface area (Å²) in [6.45, 7) is 0. The van der Waals surface area contributed by atoms with Gasteiger partial charge in [-0.2, -0.15) is 0 Å². The highest BCUT2D eigenvalue weighted by atomic mass is 16.6. The lowest BCUT2D eigenvalue weighted by molar-refractivity contribution is -0.423. The predicted octanol–water partition coefficient (Wildman–Crippen LogP) is 0.993. The van der Waals surface area contributed by atoms with Crippen LogP contribution in [0.4, 0.5) is 22.7 Å². The van der Waals surface area contributed by atoms with Crippen LogP contribution in [0, 0.1) is 30.3 Å². The largest absolute Gasteiger partial charge is 0.393 e. The predicted molar refractivity (Wildman–Crippen MR) is 50.8 cm³/mol. The third-order valence-corrected chi connectivity index (χ3v) is 1.69. The van der Waals surface area contributed by atoms with Crippen LogP contribution < -0.4 is 5.73 Å². The van der Waals surface area contributed by atoms with Gasteiger partial charge in [0.15, 0.2) is 0 Å². The summed E-state index contributed by atoms with van der Waals surface area (Å²) in [5.74, 6) is 0. The highest BCUT2D eigenvalue weighted by molar-refractivity contribution is 5.73. The van der Waals surface area contributed by atoms with Gasteiger partial charge in [-0.15, -0.1) is 0 Å². The van der Waals surface area contributed by atoms with Crippen LogP contribution in [0.3, 0.4) is 0 Å². The first-order valence-electron chi connectivity index (χ1n) is 3.71. The molecular formula is C6H4N4O6. The number of nitrogens with zero attached hydrogens (tertiary/aromatic N) is 3. The molecule has 1 aromatic carbocycles. The Morgan fingerprint density at radius 3 is 1.88 bits per heavy atom. The Hall–Kier alpha value is -2.78. The third-order valence-electron chi connectivity index (χ3n) is 1.69. The van der Waals surface area contributed by atoms with Crippen LogP contribution in [0.15, 0.2) is 12.1 Å². The molecule has 1 aromatic rings. The van der Waals surface area contributed by atoms with Crippen molar-refractivity contribution in [3.05, 3.63) is 42.5 Å². The number of nitrogens with two attached hydrogens (primary N) is 1. The minimum atomic E-state index is -1.10. The molecule has 0 spiro atoms. The number of nitrogen functional groups attached to an aromatic ring is 1. The van der Waals surface area contributed by atoms with Crippen LogP contribution >= 0.6 is 0 Å². The van der Waals surface area contributed by atoms with Gasteiger partial charge >= 0.3 is 11.4 Å². The minimum Gasteiger partial charge on any atom is -0.393 e. The van der Waals surface area contributed by atoms with Gasteiger partial charge in [-0.05, 0) is 0 Å². The van der Waals surface area contributed by atoms with Crippen molar-refractivity contribution in [2.75, 3.05) is 5.73 Å². The van der Waals surface area contributed by atoms with Crippen molar-refractivity contribution >= 4 is 22.7 Å². The Morgan fingerprint density at radius 1 is 0.938 bits per heavy atom. The highest BCUT2D eigenvalue weighted by Gasteiger charge is 2.31. The van der Waals surface area contributed by atoms with E-state index < -0.39 is 37.5 Å². The van der Waals surface area contributed by atoms with Crippen molar-refractivity contribution in [3.63, 3.8) is 0 Å². The van der Waals surface area contributed by atoms with Crippen molar-refractivity contribution in [1.29, 1.82) is 0 Å². The lowest BCUT2D eigenvalue weighted by Gasteiger charge is -1.98. The molecule has 0 amide bonds. The van der Waals surface area contributed by atoms with Gasteiger partial charge in [0.05, 0.1) is 14.8 Å². The zero-order valence-electron chi connectivity index (χ0n) is 7.52. The fraction of sp³-hybridized carbons (Fsp3) is 0. The number of non-ortho nitro benzene ring substituents is 1. The summed E-state index contributed by atoms with van der Waals surface area (Å²) < 4.78 is 0. The molecule has 0 aliphatic carbocycles. The summed E-state index contributed by atoms with van der Waals surface area (Å²) in [5.41, 5.74) is 1.91. The number of nitro groups is 3. The van der Waals surface area contributed by atoms with Gasteiger partial charge in [-0.3, -0.25) is 30.3 Å². The Bertz CT molecular complexity index is 498. The first-order chi connectivity index (χ1) is 7.34. The maximum atomic E-state index is 10.5. The van der Waals surface area contributed by atoms with Gasteiger partial charge < -0.3 is 5.73 Å². The molecule has 0 saturated carbocycles. The normalized spacial score (nSPS) is 9.75. The molecule has 10 nitrogen and oxygen atoms in total. The SMILES string of the molecule is Nc1cc([N+](=O)[O-])cc([N+](=O)[O-])c1[N+](=O)[O-]. The highest BCUT2D eigenvalue weighted by Crippen LogP contribution is 2.36. The standard InChI is InChI=1S/C6H4N4O6/c7-4-1-3(8(11)12)2-5(9(13)14)6(4)10(15)16/h1-2H,7H2.